The molecule has 5 heteroatoms. The van der Waals surface area contributed by atoms with Gasteiger partial charge in [0.05, 0.1) is 20.1 Å². The Bertz CT molecular complexity index is 799. The second kappa shape index (κ2) is 8.44. The first-order chi connectivity index (χ1) is 13.0. The van der Waals surface area contributed by atoms with Crippen LogP contribution in [0.2, 0.25) is 0 Å². The van der Waals surface area contributed by atoms with Crippen LogP contribution in [-0.2, 0) is 17.6 Å². The van der Waals surface area contributed by atoms with E-state index in [1.165, 1.54) is 16.7 Å². The summed E-state index contributed by atoms with van der Waals surface area (Å²) in [5, 5.41) is 8.92. The zero-order valence-electron chi connectivity index (χ0n) is 15.9. The van der Waals surface area contributed by atoms with Gasteiger partial charge in [-0.15, -0.1) is 0 Å². The summed E-state index contributed by atoms with van der Waals surface area (Å²) in [5.41, 5.74) is 10.7. The van der Waals surface area contributed by atoms with E-state index >= 15 is 0 Å². The average molecular weight is 369 g/mol. The summed E-state index contributed by atoms with van der Waals surface area (Å²) >= 11 is 0. The second-order valence-corrected chi connectivity index (χ2v) is 7.11. The van der Waals surface area contributed by atoms with Crippen LogP contribution in [0.5, 0.6) is 11.5 Å². The third-order valence-corrected chi connectivity index (χ3v) is 5.25. The van der Waals surface area contributed by atoms with Crippen LogP contribution < -0.4 is 15.2 Å². The number of carboxylic acid groups (broad SMARTS) is 1. The van der Waals surface area contributed by atoms with Crippen molar-refractivity contribution >= 4 is 5.97 Å². The van der Waals surface area contributed by atoms with Crippen LogP contribution >= 0.6 is 0 Å². The molecular weight excluding hydrogens is 342 g/mol. The van der Waals surface area contributed by atoms with Gasteiger partial charge in [0.25, 0.3) is 0 Å². The Labute approximate surface area is 160 Å². The van der Waals surface area contributed by atoms with E-state index in [-0.39, 0.29) is 18.4 Å². The molecule has 0 unspecified atom stereocenters. The number of nitrogens with two attached hydrogens (primary N) is 1. The molecule has 2 aliphatic rings. The lowest BCUT2D eigenvalue weighted by molar-refractivity contribution is -0.137. The zero-order valence-corrected chi connectivity index (χ0v) is 15.9. The van der Waals surface area contributed by atoms with Crippen molar-refractivity contribution in [1.82, 2.24) is 0 Å². The molecule has 1 aliphatic carbocycles. The topological polar surface area (TPSA) is 81.8 Å². The van der Waals surface area contributed by atoms with Crippen LogP contribution in [0.25, 0.3) is 0 Å². The molecule has 5 nitrogen and oxygen atoms in total. The number of rotatable bonds is 4. The summed E-state index contributed by atoms with van der Waals surface area (Å²) in [6.07, 6.45) is 3.18. The van der Waals surface area contributed by atoms with Crippen LogP contribution in [0, 0.1) is 0 Å². The van der Waals surface area contributed by atoms with Gasteiger partial charge in [0.15, 0.2) is 0 Å². The van der Waals surface area contributed by atoms with Gasteiger partial charge in [-0.1, -0.05) is 18.2 Å². The van der Waals surface area contributed by atoms with E-state index in [1.54, 1.807) is 7.11 Å². The molecule has 1 heterocycles. The summed E-state index contributed by atoms with van der Waals surface area (Å²) in [6.45, 7) is 2.70. The summed E-state index contributed by atoms with van der Waals surface area (Å²) in [6, 6.07) is 12.0. The fourth-order valence-electron chi connectivity index (χ4n) is 3.87. The number of aryl methyl sites for hydroxylation is 1. The highest BCUT2D eigenvalue weighted by atomic mass is 16.5. The number of hydrogen-bond acceptors (Lipinski definition) is 4. The third kappa shape index (κ3) is 4.42. The first kappa shape index (κ1) is 19.2. The first-order valence-corrected chi connectivity index (χ1v) is 9.38. The van der Waals surface area contributed by atoms with Gasteiger partial charge in [0.1, 0.15) is 11.5 Å². The molecule has 0 amide bonds. The summed E-state index contributed by atoms with van der Waals surface area (Å²) in [7, 11) is 1.65. The number of hydrogen-bond donors (Lipinski definition) is 2. The van der Waals surface area contributed by atoms with Crippen molar-refractivity contribution < 1.29 is 19.4 Å². The molecule has 0 bridgehead atoms. The molecule has 0 spiro atoms. The highest BCUT2D eigenvalue weighted by Crippen LogP contribution is 2.43. The highest BCUT2D eigenvalue weighted by molar-refractivity contribution is 5.69. The fraction of sp³-hybridized carbons (Fsp3) is 0.409. The third-order valence-electron chi connectivity index (χ3n) is 5.25. The summed E-state index contributed by atoms with van der Waals surface area (Å²) < 4.78 is 10.5. The number of methoxy groups -OCH3 is 1. The Kier molecular flexibility index (Phi) is 6.01. The maximum atomic E-state index is 10.8. The van der Waals surface area contributed by atoms with Crippen LogP contribution in [-0.4, -0.2) is 24.8 Å². The molecule has 0 saturated heterocycles. The Balaban J connectivity index is 0.000000168. The summed E-state index contributed by atoms with van der Waals surface area (Å²) in [5.74, 6) is 1.34. The van der Waals surface area contributed by atoms with Gasteiger partial charge in [-0.25, -0.2) is 0 Å². The quantitative estimate of drug-likeness (QED) is 0.856. The van der Waals surface area contributed by atoms with Gasteiger partial charge in [-0.3, -0.25) is 4.79 Å². The molecule has 2 aromatic carbocycles. The lowest BCUT2D eigenvalue weighted by Crippen LogP contribution is -2.05. The predicted octanol–water partition coefficient (Wildman–Crippen LogP) is 3.84. The molecule has 0 saturated carbocycles. The number of benzene rings is 2. The van der Waals surface area contributed by atoms with Crippen LogP contribution in [0.1, 0.15) is 54.0 Å². The van der Waals surface area contributed by atoms with E-state index in [0.29, 0.717) is 0 Å². The molecule has 2 aromatic rings. The van der Waals surface area contributed by atoms with Crippen molar-refractivity contribution in [2.24, 2.45) is 5.73 Å². The van der Waals surface area contributed by atoms with E-state index in [0.717, 1.165) is 42.9 Å². The molecule has 0 aromatic heterocycles. The standard InChI is InChI=1S/C13H14O3.C9H13NO/c14-12(15)7-9-2-1-8-3-4-11-10(13(8)9)5-6-16-11;1-7(10)8-3-5-9(11-2)6-4-8/h3-4,9H,1-2,5-7H2,(H,14,15);3-7H,10H2,1-2H3/t9-;7-/m01/s1. The van der Waals surface area contributed by atoms with Gasteiger partial charge in [0, 0.05) is 18.0 Å². The molecule has 2 atom stereocenters. The van der Waals surface area contributed by atoms with Gasteiger partial charge in [-0.2, -0.15) is 0 Å². The molecule has 3 N–H and O–H groups in total. The maximum absolute atomic E-state index is 10.8. The van der Waals surface area contributed by atoms with E-state index in [4.69, 9.17) is 20.3 Å². The van der Waals surface area contributed by atoms with Crippen molar-refractivity contribution in [3.8, 4) is 11.5 Å². The zero-order chi connectivity index (χ0) is 19.4. The van der Waals surface area contributed by atoms with Crippen LogP contribution in [0.4, 0.5) is 0 Å². The van der Waals surface area contributed by atoms with Gasteiger partial charge in [0.2, 0.25) is 0 Å². The van der Waals surface area contributed by atoms with E-state index in [2.05, 4.69) is 6.07 Å². The normalized spacial score (nSPS) is 17.8. The fourth-order valence-corrected chi connectivity index (χ4v) is 3.87. The minimum absolute atomic E-state index is 0.0981. The van der Waals surface area contributed by atoms with Crippen molar-refractivity contribution in [2.45, 2.75) is 44.6 Å². The van der Waals surface area contributed by atoms with Gasteiger partial charge < -0.3 is 20.3 Å². The molecule has 144 valence electrons. The highest BCUT2D eigenvalue weighted by Gasteiger charge is 2.30. The minimum Gasteiger partial charge on any atom is -0.497 e. The van der Waals surface area contributed by atoms with Crippen molar-refractivity contribution in [1.29, 1.82) is 0 Å². The Morgan fingerprint density at radius 3 is 2.63 bits per heavy atom. The Hall–Kier alpha value is -2.53. The molecular formula is C22H27NO4. The monoisotopic (exact) mass is 369 g/mol. The average Bonchev–Trinajstić information content (AvgIpc) is 3.28. The molecule has 27 heavy (non-hydrogen) atoms. The molecule has 4 rings (SSSR count). The van der Waals surface area contributed by atoms with Gasteiger partial charge in [-0.05, 0) is 60.6 Å². The SMILES string of the molecule is COc1ccc([C@@H](C)N)cc1.O=C(O)C[C@@H]1CCc2ccc3c(c21)CCO3. The van der Waals surface area contributed by atoms with Gasteiger partial charge >= 0.3 is 5.97 Å². The predicted molar refractivity (Wildman–Crippen MR) is 105 cm³/mol. The number of fused-ring (bicyclic) bond motifs is 3. The molecule has 0 fully saturated rings. The van der Waals surface area contributed by atoms with Crippen molar-refractivity contribution in [2.75, 3.05) is 13.7 Å². The first-order valence-electron chi connectivity index (χ1n) is 9.38. The van der Waals surface area contributed by atoms with Crippen LogP contribution in [0.15, 0.2) is 36.4 Å². The number of carbonyl (C=O) groups is 1. The van der Waals surface area contributed by atoms with Crippen molar-refractivity contribution in [3.63, 3.8) is 0 Å². The molecule has 1 aliphatic heterocycles. The maximum Gasteiger partial charge on any atom is 0.303 e. The summed E-state index contributed by atoms with van der Waals surface area (Å²) in [4.78, 5) is 10.8. The second-order valence-electron chi connectivity index (χ2n) is 7.11. The smallest absolute Gasteiger partial charge is 0.303 e. The lowest BCUT2D eigenvalue weighted by atomic mass is 9.92. The Morgan fingerprint density at radius 1 is 1.26 bits per heavy atom. The molecule has 0 radical (unpaired) electrons. The van der Waals surface area contributed by atoms with Crippen LogP contribution in [0.3, 0.4) is 0 Å². The van der Waals surface area contributed by atoms with E-state index < -0.39 is 5.97 Å². The van der Waals surface area contributed by atoms with E-state index in [9.17, 15) is 4.79 Å². The number of aliphatic carboxylic acids is 1. The van der Waals surface area contributed by atoms with Crippen molar-refractivity contribution in [3.05, 3.63) is 58.7 Å². The number of carboxylic acids is 1. The Morgan fingerprint density at radius 2 is 2.00 bits per heavy atom. The largest absolute Gasteiger partial charge is 0.497 e. The minimum atomic E-state index is -0.700. The lowest BCUT2D eigenvalue weighted by Gasteiger charge is -2.12. The number of ether oxygens (including phenoxy) is 2. The van der Waals surface area contributed by atoms with E-state index in [1.807, 2.05) is 37.3 Å².